The Morgan fingerprint density at radius 3 is 2.56 bits per heavy atom. The number of nitro benzene ring substituents is 1. The summed E-state index contributed by atoms with van der Waals surface area (Å²) in [5, 5.41) is 27.6. The normalized spacial score (nSPS) is 15.6. The van der Waals surface area contributed by atoms with Crippen molar-refractivity contribution in [3.8, 4) is 23.2 Å². The van der Waals surface area contributed by atoms with Gasteiger partial charge in [0.1, 0.15) is 11.6 Å². The molecule has 1 aromatic carbocycles. The molecule has 0 spiro atoms. The molecule has 0 radical (unpaired) electrons. The minimum Gasteiger partial charge on any atom is -0.420 e. The molecule has 3 heterocycles. The fourth-order valence-electron chi connectivity index (χ4n) is 3.10. The summed E-state index contributed by atoms with van der Waals surface area (Å²) in [5.74, 6) is -0.235. The number of nitrogens with zero attached hydrogens (tertiary/aromatic N) is 4. The lowest BCUT2D eigenvalue weighted by molar-refractivity contribution is -0.384. The number of nitro groups is 1. The van der Waals surface area contributed by atoms with Crippen molar-refractivity contribution in [1.82, 2.24) is 15.2 Å². The van der Waals surface area contributed by atoms with Gasteiger partial charge >= 0.3 is 0 Å². The number of hydrogen-bond donors (Lipinski definition) is 2. The molecular weight excluding hydrogens is 348 g/mol. The number of nitrogens with one attached hydrogen (secondary N) is 1. The third-order valence-corrected chi connectivity index (χ3v) is 4.35. The van der Waals surface area contributed by atoms with Gasteiger partial charge in [-0.05, 0) is 29.8 Å². The molecule has 1 aliphatic rings. The molecule has 1 unspecified atom stereocenters. The molecule has 3 N–H and O–H groups in total. The van der Waals surface area contributed by atoms with Crippen LogP contribution in [0.2, 0.25) is 0 Å². The predicted octanol–water partition coefficient (Wildman–Crippen LogP) is 2.60. The molecular formula is C18H12N6O3. The van der Waals surface area contributed by atoms with Crippen LogP contribution in [0, 0.1) is 21.4 Å². The third-order valence-electron chi connectivity index (χ3n) is 4.35. The van der Waals surface area contributed by atoms with Gasteiger partial charge < -0.3 is 10.5 Å². The predicted molar refractivity (Wildman–Crippen MR) is 94.2 cm³/mol. The molecule has 0 fully saturated rings. The van der Waals surface area contributed by atoms with E-state index < -0.39 is 10.8 Å². The summed E-state index contributed by atoms with van der Waals surface area (Å²) in [4.78, 5) is 14.4. The molecule has 1 atom stereocenters. The number of non-ortho nitro benzene ring substituents is 1. The minimum atomic E-state index is -0.495. The Labute approximate surface area is 152 Å². The Morgan fingerprint density at radius 1 is 1.22 bits per heavy atom. The Morgan fingerprint density at radius 2 is 1.93 bits per heavy atom. The van der Waals surface area contributed by atoms with Gasteiger partial charge in [0.15, 0.2) is 0 Å². The molecule has 132 valence electrons. The highest BCUT2D eigenvalue weighted by molar-refractivity contribution is 5.71. The molecule has 27 heavy (non-hydrogen) atoms. The first-order chi connectivity index (χ1) is 13.1. The van der Waals surface area contributed by atoms with Gasteiger partial charge in [-0.3, -0.25) is 20.2 Å². The Hall–Kier alpha value is -4.19. The summed E-state index contributed by atoms with van der Waals surface area (Å²) in [5.41, 5.74) is 8.89. The van der Waals surface area contributed by atoms with E-state index in [1.807, 2.05) is 0 Å². The van der Waals surface area contributed by atoms with Gasteiger partial charge in [0.25, 0.3) is 5.69 Å². The highest BCUT2D eigenvalue weighted by Gasteiger charge is 2.35. The molecule has 0 aliphatic carbocycles. The van der Waals surface area contributed by atoms with Crippen molar-refractivity contribution in [1.29, 1.82) is 5.26 Å². The topological polar surface area (TPSA) is 144 Å². The SMILES string of the molecule is N#CC1=C(N)Oc2n[nH]c(-c3ccc([N+](=O)[O-])cc3)c2C1c1ccncc1. The Balaban J connectivity index is 1.89. The molecule has 0 bridgehead atoms. The van der Waals surface area contributed by atoms with E-state index in [9.17, 15) is 15.4 Å². The molecule has 9 heteroatoms. The number of hydrogen-bond acceptors (Lipinski definition) is 7. The highest BCUT2D eigenvalue weighted by Crippen LogP contribution is 2.45. The summed E-state index contributed by atoms with van der Waals surface area (Å²) in [6, 6.07) is 11.7. The zero-order valence-corrected chi connectivity index (χ0v) is 13.8. The second-order valence-corrected chi connectivity index (χ2v) is 5.83. The maximum Gasteiger partial charge on any atom is 0.269 e. The van der Waals surface area contributed by atoms with Gasteiger partial charge in [-0.2, -0.15) is 5.26 Å². The van der Waals surface area contributed by atoms with Crippen LogP contribution in [-0.4, -0.2) is 20.1 Å². The number of nitrogens with two attached hydrogens (primary N) is 1. The number of allylic oxidation sites excluding steroid dienone is 1. The van der Waals surface area contributed by atoms with Crippen LogP contribution in [0.5, 0.6) is 5.88 Å². The van der Waals surface area contributed by atoms with Crippen molar-refractivity contribution in [2.45, 2.75) is 5.92 Å². The van der Waals surface area contributed by atoms with E-state index in [-0.39, 0.29) is 23.0 Å². The van der Waals surface area contributed by atoms with E-state index in [1.165, 1.54) is 12.1 Å². The van der Waals surface area contributed by atoms with Crippen molar-refractivity contribution >= 4 is 5.69 Å². The number of fused-ring (bicyclic) bond motifs is 1. The number of aromatic amines is 1. The zero-order valence-electron chi connectivity index (χ0n) is 13.8. The quantitative estimate of drug-likeness (QED) is 0.539. The van der Waals surface area contributed by atoms with Crippen molar-refractivity contribution in [2.24, 2.45) is 5.73 Å². The maximum atomic E-state index is 10.9. The molecule has 9 nitrogen and oxygen atoms in total. The Kier molecular flexibility index (Phi) is 3.78. The summed E-state index contributed by atoms with van der Waals surface area (Å²) in [7, 11) is 0. The van der Waals surface area contributed by atoms with Crippen LogP contribution in [0.1, 0.15) is 17.0 Å². The van der Waals surface area contributed by atoms with Crippen molar-refractivity contribution < 1.29 is 9.66 Å². The fourth-order valence-corrected chi connectivity index (χ4v) is 3.10. The monoisotopic (exact) mass is 360 g/mol. The van der Waals surface area contributed by atoms with Gasteiger partial charge in [0.05, 0.1) is 22.1 Å². The minimum absolute atomic E-state index is 0.00596. The standard InChI is InChI=1S/C18H12N6O3/c19-9-13-14(10-5-7-21-8-6-10)15-16(22-23-18(15)27-17(13)20)11-1-3-12(4-2-11)24(25)26/h1-8,14H,20H2,(H,22,23). The molecule has 3 aromatic rings. The van der Waals surface area contributed by atoms with Gasteiger partial charge in [-0.15, -0.1) is 5.10 Å². The summed E-state index contributed by atoms with van der Waals surface area (Å²) < 4.78 is 5.52. The van der Waals surface area contributed by atoms with Crippen LogP contribution in [0.25, 0.3) is 11.3 Å². The lowest BCUT2D eigenvalue weighted by Crippen LogP contribution is -2.21. The molecule has 0 saturated carbocycles. The van der Waals surface area contributed by atoms with E-state index >= 15 is 0 Å². The molecule has 0 saturated heterocycles. The summed E-state index contributed by atoms with van der Waals surface area (Å²) in [6.07, 6.45) is 3.25. The van der Waals surface area contributed by atoms with E-state index in [0.717, 1.165) is 5.56 Å². The van der Waals surface area contributed by atoms with E-state index in [1.54, 1.807) is 36.7 Å². The van der Waals surface area contributed by atoms with Crippen LogP contribution >= 0.6 is 0 Å². The van der Waals surface area contributed by atoms with Crippen LogP contribution in [0.15, 0.2) is 60.2 Å². The largest absolute Gasteiger partial charge is 0.420 e. The van der Waals surface area contributed by atoms with E-state index in [0.29, 0.717) is 16.8 Å². The first-order valence-corrected chi connectivity index (χ1v) is 7.90. The smallest absolute Gasteiger partial charge is 0.269 e. The molecule has 0 amide bonds. The van der Waals surface area contributed by atoms with Gasteiger partial charge in [0, 0.05) is 30.1 Å². The second kappa shape index (κ2) is 6.27. The van der Waals surface area contributed by atoms with E-state index in [4.69, 9.17) is 10.5 Å². The lowest BCUT2D eigenvalue weighted by atomic mass is 9.83. The van der Waals surface area contributed by atoms with Crippen LogP contribution in [0.4, 0.5) is 5.69 Å². The summed E-state index contributed by atoms with van der Waals surface area (Å²) >= 11 is 0. The Bertz CT molecular complexity index is 1100. The fraction of sp³-hybridized carbons (Fsp3) is 0.0556. The van der Waals surface area contributed by atoms with Crippen molar-refractivity contribution in [3.05, 3.63) is 81.5 Å². The van der Waals surface area contributed by atoms with E-state index in [2.05, 4.69) is 21.3 Å². The van der Waals surface area contributed by atoms with Crippen LogP contribution in [0.3, 0.4) is 0 Å². The van der Waals surface area contributed by atoms with Crippen LogP contribution < -0.4 is 10.5 Å². The number of ether oxygens (including phenoxy) is 1. The number of pyridine rings is 1. The lowest BCUT2D eigenvalue weighted by Gasteiger charge is -2.23. The number of nitriles is 1. The van der Waals surface area contributed by atoms with Gasteiger partial charge in [-0.25, -0.2) is 0 Å². The number of rotatable bonds is 3. The zero-order chi connectivity index (χ0) is 19.0. The average molecular weight is 360 g/mol. The van der Waals surface area contributed by atoms with Crippen LogP contribution in [-0.2, 0) is 0 Å². The van der Waals surface area contributed by atoms with Crippen molar-refractivity contribution in [3.63, 3.8) is 0 Å². The van der Waals surface area contributed by atoms with Gasteiger partial charge in [-0.1, -0.05) is 0 Å². The number of aromatic nitrogens is 3. The number of benzene rings is 1. The number of H-pyrrole nitrogens is 1. The molecule has 2 aromatic heterocycles. The molecule has 1 aliphatic heterocycles. The molecule has 4 rings (SSSR count). The van der Waals surface area contributed by atoms with Crippen molar-refractivity contribution in [2.75, 3.05) is 0 Å². The third kappa shape index (κ3) is 2.65. The second-order valence-electron chi connectivity index (χ2n) is 5.83. The highest BCUT2D eigenvalue weighted by atomic mass is 16.6. The first-order valence-electron chi connectivity index (χ1n) is 7.90. The van der Waals surface area contributed by atoms with Gasteiger partial charge in [0.2, 0.25) is 11.8 Å². The average Bonchev–Trinajstić information content (AvgIpc) is 3.10. The maximum absolute atomic E-state index is 10.9. The first kappa shape index (κ1) is 16.3. The summed E-state index contributed by atoms with van der Waals surface area (Å²) in [6.45, 7) is 0.